The number of rotatable bonds is 7. The number of ether oxygens (including phenoxy) is 2. The largest absolute Gasteiger partial charge is 0.490 e. The molecule has 0 bridgehead atoms. The predicted octanol–water partition coefficient (Wildman–Crippen LogP) is 3.53. The van der Waals surface area contributed by atoms with Crippen LogP contribution >= 0.6 is 0 Å². The van der Waals surface area contributed by atoms with Crippen LogP contribution in [0.15, 0.2) is 53.1 Å². The molecule has 0 fully saturated rings. The summed E-state index contributed by atoms with van der Waals surface area (Å²) in [5.41, 5.74) is 1.40. The molecule has 0 unspecified atom stereocenters. The highest BCUT2D eigenvalue weighted by molar-refractivity contribution is 5.76. The summed E-state index contributed by atoms with van der Waals surface area (Å²) in [6.07, 6.45) is 0.760. The minimum absolute atomic E-state index is 0.111. The molecule has 0 aliphatic rings. The molecule has 122 valence electrons. The Labute approximate surface area is 139 Å². The Bertz CT molecular complexity index is 815. The van der Waals surface area contributed by atoms with Crippen LogP contribution in [0.5, 0.6) is 11.5 Å². The van der Waals surface area contributed by atoms with E-state index in [2.05, 4.69) is 10.1 Å². The molecule has 0 aliphatic heterocycles. The van der Waals surface area contributed by atoms with Gasteiger partial charge in [-0.05, 0) is 25.1 Å². The molecule has 0 saturated carbocycles. The lowest BCUT2D eigenvalue weighted by molar-refractivity contribution is 0.112. The number of aromatic nitrogens is 2. The van der Waals surface area contributed by atoms with Crippen molar-refractivity contribution >= 4 is 6.29 Å². The van der Waals surface area contributed by atoms with Crippen molar-refractivity contribution in [3.63, 3.8) is 0 Å². The summed E-state index contributed by atoms with van der Waals surface area (Å²) in [5, 5.41) is 3.94. The Morgan fingerprint density at radius 3 is 2.67 bits per heavy atom. The van der Waals surface area contributed by atoms with Crippen molar-refractivity contribution in [3.8, 4) is 22.9 Å². The van der Waals surface area contributed by atoms with Crippen molar-refractivity contribution in [2.24, 2.45) is 0 Å². The quantitative estimate of drug-likeness (QED) is 0.619. The van der Waals surface area contributed by atoms with Gasteiger partial charge in [-0.15, -0.1) is 0 Å². The molecule has 1 heterocycles. The summed E-state index contributed by atoms with van der Waals surface area (Å²) >= 11 is 0. The fourth-order valence-corrected chi connectivity index (χ4v) is 2.14. The zero-order chi connectivity index (χ0) is 16.8. The number of carbonyl (C=O) groups excluding carboxylic acids is 1. The highest BCUT2D eigenvalue weighted by Gasteiger charge is 2.11. The first kappa shape index (κ1) is 15.7. The summed E-state index contributed by atoms with van der Waals surface area (Å²) in [6, 6.07) is 14.5. The van der Waals surface area contributed by atoms with Crippen LogP contribution < -0.4 is 9.47 Å². The Balaban J connectivity index is 1.72. The number of hydrogen-bond donors (Lipinski definition) is 0. The molecule has 0 radical (unpaired) electrons. The van der Waals surface area contributed by atoms with Gasteiger partial charge in [-0.3, -0.25) is 4.79 Å². The average molecular weight is 324 g/mol. The number of nitrogens with zero attached hydrogens (tertiary/aromatic N) is 2. The third kappa shape index (κ3) is 3.60. The monoisotopic (exact) mass is 324 g/mol. The standard InChI is InChI=1S/C18H16N2O4/c1-2-22-16-10-13(11-21)8-9-15(16)23-12-17-19-18(20-24-17)14-6-4-3-5-7-14/h3-11H,2,12H2,1H3. The Kier molecular flexibility index (Phi) is 4.86. The van der Waals surface area contributed by atoms with Crippen molar-refractivity contribution < 1.29 is 18.8 Å². The zero-order valence-electron chi connectivity index (χ0n) is 13.1. The molecule has 3 aromatic rings. The minimum atomic E-state index is 0.111. The van der Waals surface area contributed by atoms with Crippen LogP contribution in [0.2, 0.25) is 0 Å². The van der Waals surface area contributed by atoms with Crippen molar-refractivity contribution in [2.45, 2.75) is 13.5 Å². The second-order valence-electron chi connectivity index (χ2n) is 4.92. The maximum Gasteiger partial charge on any atom is 0.264 e. The van der Waals surface area contributed by atoms with Crippen LogP contribution in [0.4, 0.5) is 0 Å². The maximum atomic E-state index is 10.9. The van der Waals surface area contributed by atoms with Gasteiger partial charge in [-0.1, -0.05) is 35.5 Å². The van der Waals surface area contributed by atoms with Crippen LogP contribution in [0.1, 0.15) is 23.2 Å². The fraction of sp³-hybridized carbons (Fsp3) is 0.167. The molecule has 24 heavy (non-hydrogen) atoms. The molecular formula is C18H16N2O4. The minimum Gasteiger partial charge on any atom is -0.490 e. The lowest BCUT2D eigenvalue weighted by Gasteiger charge is -2.10. The summed E-state index contributed by atoms with van der Waals surface area (Å²) in [7, 11) is 0. The molecule has 6 nitrogen and oxygen atoms in total. The number of benzene rings is 2. The van der Waals surface area contributed by atoms with Crippen molar-refractivity contribution in [1.82, 2.24) is 10.1 Å². The average Bonchev–Trinajstić information content (AvgIpc) is 3.10. The molecule has 0 atom stereocenters. The van der Waals surface area contributed by atoms with Crippen LogP contribution in [0.3, 0.4) is 0 Å². The SMILES string of the molecule is CCOc1cc(C=O)ccc1OCc1nc(-c2ccccc2)no1. The molecule has 3 rings (SSSR count). The molecule has 1 aromatic heterocycles. The second-order valence-corrected chi connectivity index (χ2v) is 4.92. The van der Waals surface area contributed by atoms with E-state index in [-0.39, 0.29) is 6.61 Å². The van der Waals surface area contributed by atoms with Gasteiger partial charge in [0.05, 0.1) is 6.61 Å². The van der Waals surface area contributed by atoms with Crippen LogP contribution in [0.25, 0.3) is 11.4 Å². The van der Waals surface area contributed by atoms with E-state index in [9.17, 15) is 4.79 Å². The van der Waals surface area contributed by atoms with Crippen LogP contribution in [-0.4, -0.2) is 23.0 Å². The van der Waals surface area contributed by atoms with Gasteiger partial charge in [0.25, 0.3) is 5.89 Å². The first-order valence-electron chi connectivity index (χ1n) is 7.53. The lowest BCUT2D eigenvalue weighted by atomic mass is 10.2. The first-order chi connectivity index (χ1) is 11.8. The summed E-state index contributed by atoms with van der Waals surface area (Å²) in [6.45, 7) is 2.44. The Hall–Kier alpha value is -3.15. The second kappa shape index (κ2) is 7.41. The van der Waals surface area contributed by atoms with Gasteiger partial charge in [0.1, 0.15) is 6.29 Å². The van der Waals surface area contributed by atoms with Gasteiger partial charge in [0, 0.05) is 11.1 Å². The normalized spacial score (nSPS) is 10.4. The highest BCUT2D eigenvalue weighted by Crippen LogP contribution is 2.29. The predicted molar refractivity (Wildman–Crippen MR) is 87.1 cm³/mol. The van der Waals surface area contributed by atoms with E-state index in [1.165, 1.54) is 0 Å². The smallest absolute Gasteiger partial charge is 0.264 e. The summed E-state index contributed by atoms with van der Waals surface area (Å²) in [5.74, 6) is 1.89. The van der Waals surface area contributed by atoms with Crippen molar-refractivity contribution in [2.75, 3.05) is 6.61 Å². The van der Waals surface area contributed by atoms with Gasteiger partial charge in [-0.25, -0.2) is 0 Å². The summed E-state index contributed by atoms with van der Waals surface area (Å²) < 4.78 is 16.4. The molecule has 0 spiro atoms. The van der Waals surface area contributed by atoms with E-state index in [4.69, 9.17) is 14.0 Å². The van der Waals surface area contributed by atoms with Gasteiger partial charge in [0.15, 0.2) is 18.1 Å². The van der Waals surface area contributed by atoms with Gasteiger partial charge in [0.2, 0.25) is 5.82 Å². The maximum absolute atomic E-state index is 10.9. The molecule has 2 aromatic carbocycles. The van der Waals surface area contributed by atoms with E-state index in [1.54, 1.807) is 18.2 Å². The van der Waals surface area contributed by atoms with E-state index in [0.717, 1.165) is 11.8 Å². The summed E-state index contributed by atoms with van der Waals surface area (Å²) in [4.78, 5) is 15.2. The first-order valence-corrected chi connectivity index (χ1v) is 7.53. The van der Waals surface area contributed by atoms with E-state index >= 15 is 0 Å². The van der Waals surface area contributed by atoms with E-state index in [1.807, 2.05) is 37.3 Å². The Morgan fingerprint density at radius 1 is 1.08 bits per heavy atom. The van der Waals surface area contributed by atoms with Crippen molar-refractivity contribution in [3.05, 3.63) is 60.0 Å². The molecule has 0 saturated heterocycles. The third-order valence-corrected chi connectivity index (χ3v) is 3.25. The third-order valence-electron chi connectivity index (χ3n) is 3.25. The van der Waals surface area contributed by atoms with Crippen LogP contribution in [-0.2, 0) is 6.61 Å². The number of hydrogen-bond acceptors (Lipinski definition) is 6. The number of carbonyl (C=O) groups is 1. The van der Waals surface area contributed by atoms with E-state index in [0.29, 0.717) is 35.4 Å². The van der Waals surface area contributed by atoms with Crippen LogP contribution in [0, 0.1) is 0 Å². The highest BCUT2D eigenvalue weighted by atomic mass is 16.5. The fourth-order valence-electron chi connectivity index (χ4n) is 2.14. The van der Waals surface area contributed by atoms with Gasteiger partial charge >= 0.3 is 0 Å². The molecule has 0 N–H and O–H groups in total. The molecule has 0 amide bonds. The zero-order valence-corrected chi connectivity index (χ0v) is 13.1. The van der Waals surface area contributed by atoms with Gasteiger partial charge in [-0.2, -0.15) is 4.98 Å². The lowest BCUT2D eigenvalue weighted by Crippen LogP contribution is -2.00. The topological polar surface area (TPSA) is 74.5 Å². The molecule has 0 aliphatic carbocycles. The number of aldehydes is 1. The van der Waals surface area contributed by atoms with Crippen molar-refractivity contribution in [1.29, 1.82) is 0 Å². The van der Waals surface area contributed by atoms with Gasteiger partial charge < -0.3 is 14.0 Å². The van der Waals surface area contributed by atoms with E-state index < -0.39 is 0 Å². The molecule has 6 heteroatoms. The Morgan fingerprint density at radius 2 is 1.92 bits per heavy atom. The molecular weight excluding hydrogens is 308 g/mol.